The van der Waals surface area contributed by atoms with Crippen LogP contribution in [0.5, 0.6) is 0 Å². The van der Waals surface area contributed by atoms with Crippen LogP contribution in [0, 0.1) is 11.3 Å². The molecule has 101 valence electrons. The van der Waals surface area contributed by atoms with Gasteiger partial charge < -0.3 is 0 Å². The third-order valence-corrected chi connectivity index (χ3v) is 4.19. The Morgan fingerprint density at radius 1 is 1.06 bits per heavy atom. The van der Waals surface area contributed by atoms with Crippen molar-refractivity contribution in [2.24, 2.45) is 11.3 Å². The molecule has 0 amide bonds. The molecular formula is C15H29O2. The monoisotopic (exact) mass is 241 g/mol. The molecule has 1 radical (unpaired) electrons. The molecule has 0 N–H and O–H groups in total. The first-order valence-electron chi connectivity index (χ1n) is 7.30. The van der Waals surface area contributed by atoms with Crippen molar-refractivity contribution in [3.05, 3.63) is 0 Å². The summed E-state index contributed by atoms with van der Waals surface area (Å²) in [6, 6.07) is 0. The van der Waals surface area contributed by atoms with Crippen molar-refractivity contribution in [1.82, 2.24) is 0 Å². The highest BCUT2D eigenvalue weighted by Gasteiger charge is 2.43. The van der Waals surface area contributed by atoms with Crippen LogP contribution >= 0.6 is 0 Å². The van der Waals surface area contributed by atoms with Crippen molar-refractivity contribution < 1.29 is 9.90 Å². The molecule has 0 aliphatic rings. The van der Waals surface area contributed by atoms with Gasteiger partial charge in [-0.25, -0.2) is 9.90 Å². The molecule has 2 atom stereocenters. The van der Waals surface area contributed by atoms with Gasteiger partial charge in [-0.15, -0.1) is 0 Å². The van der Waals surface area contributed by atoms with Gasteiger partial charge in [0, 0.05) is 0 Å². The van der Waals surface area contributed by atoms with Gasteiger partial charge in [-0.05, 0) is 25.2 Å². The second kappa shape index (κ2) is 8.54. The molecule has 2 heteroatoms. The normalized spacial score (nSPS) is 16.5. The fourth-order valence-corrected chi connectivity index (χ4v) is 2.90. The first kappa shape index (κ1) is 16.5. The van der Waals surface area contributed by atoms with Crippen molar-refractivity contribution >= 4 is 5.97 Å². The lowest BCUT2D eigenvalue weighted by atomic mass is 9.67. The zero-order valence-electron chi connectivity index (χ0n) is 12.1. The predicted molar refractivity (Wildman–Crippen MR) is 71.2 cm³/mol. The lowest BCUT2D eigenvalue weighted by Crippen LogP contribution is -2.37. The van der Waals surface area contributed by atoms with Crippen molar-refractivity contribution in [3.63, 3.8) is 0 Å². The van der Waals surface area contributed by atoms with E-state index in [-0.39, 0.29) is 5.92 Å². The summed E-state index contributed by atoms with van der Waals surface area (Å²) in [5, 5.41) is 11.6. The Bertz CT molecular complexity index is 213. The number of carbonyl (C=O) groups is 1. The summed E-state index contributed by atoms with van der Waals surface area (Å²) >= 11 is 0. The molecule has 0 fully saturated rings. The molecule has 17 heavy (non-hydrogen) atoms. The highest BCUT2D eigenvalue weighted by molar-refractivity contribution is 5.74. The van der Waals surface area contributed by atoms with Gasteiger partial charge in [0.25, 0.3) is 0 Å². The Hall–Kier alpha value is -0.530. The summed E-state index contributed by atoms with van der Waals surface area (Å²) in [5.74, 6) is -0.541. The topological polar surface area (TPSA) is 37.0 Å². The molecule has 2 unspecified atom stereocenters. The van der Waals surface area contributed by atoms with E-state index >= 15 is 0 Å². The van der Waals surface area contributed by atoms with E-state index < -0.39 is 11.4 Å². The van der Waals surface area contributed by atoms with Crippen LogP contribution in [0.25, 0.3) is 0 Å². The summed E-state index contributed by atoms with van der Waals surface area (Å²) in [6.45, 7) is 8.38. The molecule has 0 aromatic carbocycles. The summed E-state index contributed by atoms with van der Waals surface area (Å²) in [7, 11) is 0. The lowest BCUT2D eigenvalue weighted by molar-refractivity contribution is -0.161. The molecule has 0 bridgehead atoms. The fourth-order valence-electron chi connectivity index (χ4n) is 2.90. The van der Waals surface area contributed by atoms with Crippen molar-refractivity contribution in [2.75, 3.05) is 0 Å². The van der Waals surface area contributed by atoms with Crippen LogP contribution in [0.4, 0.5) is 0 Å². The minimum Gasteiger partial charge on any atom is -0.247 e. The quantitative estimate of drug-likeness (QED) is 0.544. The second-order valence-electron chi connectivity index (χ2n) is 5.15. The Morgan fingerprint density at radius 2 is 1.65 bits per heavy atom. The minimum absolute atomic E-state index is 0.281. The van der Waals surface area contributed by atoms with Crippen molar-refractivity contribution in [1.29, 1.82) is 0 Å². The molecule has 2 nitrogen and oxygen atoms in total. The van der Waals surface area contributed by atoms with E-state index in [1.807, 2.05) is 6.92 Å². The predicted octanol–water partition coefficient (Wildman–Crippen LogP) is 4.75. The fraction of sp³-hybridized carbons (Fsp3) is 0.933. The SMILES string of the molecule is CCCCC(CC)C(CC)(CCCC)C([O])=O. The van der Waals surface area contributed by atoms with Gasteiger partial charge in [0.05, 0.1) is 5.41 Å². The summed E-state index contributed by atoms with van der Waals surface area (Å²) in [4.78, 5) is 11.6. The maximum Gasteiger partial charge on any atom is 0.361 e. The third kappa shape index (κ3) is 4.33. The summed E-state index contributed by atoms with van der Waals surface area (Å²) in [6.07, 6.45) is 7.77. The van der Waals surface area contributed by atoms with E-state index in [9.17, 15) is 9.90 Å². The number of rotatable bonds is 10. The largest absolute Gasteiger partial charge is 0.361 e. The Morgan fingerprint density at radius 3 is 2.00 bits per heavy atom. The van der Waals surface area contributed by atoms with Gasteiger partial charge in [0.2, 0.25) is 0 Å². The molecule has 0 saturated carbocycles. The maximum absolute atomic E-state index is 11.6. The van der Waals surface area contributed by atoms with E-state index in [1.54, 1.807) is 0 Å². The number of hydrogen-bond donors (Lipinski definition) is 0. The Labute approximate surface area is 107 Å². The number of hydrogen-bond acceptors (Lipinski definition) is 1. The van der Waals surface area contributed by atoms with Gasteiger partial charge in [0.15, 0.2) is 0 Å². The van der Waals surface area contributed by atoms with E-state index in [4.69, 9.17) is 0 Å². The minimum atomic E-state index is -0.823. The molecular weight excluding hydrogens is 212 g/mol. The molecule has 0 heterocycles. The van der Waals surface area contributed by atoms with Gasteiger partial charge in [-0.2, -0.15) is 0 Å². The van der Waals surface area contributed by atoms with Crippen molar-refractivity contribution in [2.45, 2.75) is 79.1 Å². The summed E-state index contributed by atoms with van der Waals surface area (Å²) in [5.41, 5.74) is -0.583. The van der Waals surface area contributed by atoms with E-state index in [1.165, 1.54) is 0 Å². The molecule has 0 rings (SSSR count). The van der Waals surface area contributed by atoms with Crippen LogP contribution in [-0.2, 0) is 9.90 Å². The highest BCUT2D eigenvalue weighted by atomic mass is 16.4. The standard InChI is InChI=1S/C15H29O2/c1-5-9-11-13(7-3)15(8-4,14(16)17)12-10-6-2/h13H,5-12H2,1-4H3. The molecule has 0 saturated heterocycles. The second-order valence-corrected chi connectivity index (χ2v) is 5.15. The zero-order chi connectivity index (χ0) is 13.3. The maximum atomic E-state index is 11.6. The summed E-state index contributed by atoms with van der Waals surface area (Å²) < 4.78 is 0. The third-order valence-electron chi connectivity index (χ3n) is 4.19. The van der Waals surface area contributed by atoms with E-state index in [2.05, 4.69) is 20.8 Å². The lowest BCUT2D eigenvalue weighted by Gasteiger charge is -2.35. The molecule has 0 aromatic heterocycles. The van der Waals surface area contributed by atoms with Gasteiger partial charge in [-0.1, -0.05) is 59.8 Å². The molecule has 0 aliphatic carbocycles. The Kier molecular flexibility index (Phi) is 8.28. The van der Waals surface area contributed by atoms with Crippen LogP contribution in [-0.4, -0.2) is 5.97 Å². The van der Waals surface area contributed by atoms with Crippen molar-refractivity contribution in [3.8, 4) is 0 Å². The van der Waals surface area contributed by atoms with Crippen LogP contribution in [0.1, 0.15) is 79.1 Å². The first-order chi connectivity index (χ1) is 8.08. The smallest absolute Gasteiger partial charge is 0.247 e. The molecule has 0 spiro atoms. The van der Waals surface area contributed by atoms with Crippen LogP contribution in [0.3, 0.4) is 0 Å². The van der Waals surface area contributed by atoms with Crippen LogP contribution in [0.2, 0.25) is 0 Å². The molecule has 0 aromatic rings. The van der Waals surface area contributed by atoms with E-state index in [0.29, 0.717) is 6.42 Å². The van der Waals surface area contributed by atoms with Crippen LogP contribution in [0.15, 0.2) is 0 Å². The van der Waals surface area contributed by atoms with E-state index in [0.717, 1.165) is 44.9 Å². The number of carbonyl (C=O) groups excluding carboxylic acids is 1. The first-order valence-corrected chi connectivity index (χ1v) is 7.30. The van der Waals surface area contributed by atoms with Gasteiger partial charge >= 0.3 is 5.97 Å². The van der Waals surface area contributed by atoms with Crippen LogP contribution < -0.4 is 0 Å². The van der Waals surface area contributed by atoms with Gasteiger partial charge in [0.1, 0.15) is 0 Å². The number of unbranched alkanes of at least 4 members (excludes halogenated alkanes) is 2. The highest BCUT2D eigenvalue weighted by Crippen LogP contribution is 2.42. The average molecular weight is 241 g/mol. The average Bonchev–Trinajstić information content (AvgIpc) is 2.33. The van der Waals surface area contributed by atoms with Gasteiger partial charge in [-0.3, -0.25) is 0 Å². The zero-order valence-corrected chi connectivity index (χ0v) is 12.1. The Balaban J connectivity index is 4.87. The molecule has 0 aliphatic heterocycles.